The van der Waals surface area contributed by atoms with E-state index in [4.69, 9.17) is 4.74 Å². The standard InChI is InChI=1S/C13H25NO/c1-3-13(2)7-5-12(6-8-13)14-9-4-10-15-11-14/h12H,3-11H2,1-2H3. The highest BCUT2D eigenvalue weighted by molar-refractivity contribution is 4.85. The number of nitrogens with zero attached hydrogens (tertiary/aromatic N) is 1. The molecule has 1 saturated carbocycles. The number of hydrogen-bond acceptors (Lipinski definition) is 2. The smallest absolute Gasteiger partial charge is 0.0992 e. The fourth-order valence-corrected chi connectivity index (χ4v) is 2.92. The molecule has 0 spiro atoms. The average Bonchev–Trinajstić information content (AvgIpc) is 2.31. The monoisotopic (exact) mass is 211 g/mol. The Morgan fingerprint density at radius 1 is 1.33 bits per heavy atom. The summed E-state index contributed by atoms with van der Waals surface area (Å²) in [5.74, 6) is 0. The molecule has 2 fully saturated rings. The van der Waals surface area contributed by atoms with Gasteiger partial charge in [0.15, 0.2) is 0 Å². The van der Waals surface area contributed by atoms with Crippen LogP contribution in [0, 0.1) is 5.41 Å². The van der Waals surface area contributed by atoms with Crippen molar-refractivity contribution in [3.8, 4) is 0 Å². The number of rotatable bonds is 2. The molecular formula is C13H25NO. The van der Waals surface area contributed by atoms with E-state index in [1.807, 2.05) is 0 Å². The molecule has 1 saturated heterocycles. The second-order valence-corrected chi connectivity index (χ2v) is 5.60. The van der Waals surface area contributed by atoms with Gasteiger partial charge < -0.3 is 4.74 Å². The fourth-order valence-electron chi connectivity index (χ4n) is 2.92. The van der Waals surface area contributed by atoms with Gasteiger partial charge in [0.1, 0.15) is 0 Å². The second-order valence-electron chi connectivity index (χ2n) is 5.60. The van der Waals surface area contributed by atoms with E-state index in [0.717, 1.165) is 19.4 Å². The third-order valence-corrected chi connectivity index (χ3v) is 4.52. The lowest BCUT2D eigenvalue weighted by molar-refractivity contribution is -0.0506. The van der Waals surface area contributed by atoms with Gasteiger partial charge >= 0.3 is 0 Å². The predicted octanol–water partition coefficient (Wildman–Crippen LogP) is 3.03. The summed E-state index contributed by atoms with van der Waals surface area (Å²) in [5, 5.41) is 0. The summed E-state index contributed by atoms with van der Waals surface area (Å²) in [4.78, 5) is 2.55. The lowest BCUT2D eigenvalue weighted by Gasteiger charge is -2.42. The van der Waals surface area contributed by atoms with Crippen LogP contribution in [0.5, 0.6) is 0 Å². The van der Waals surface area contributed by atoms with Crippen LogP contribution in [-0.4, -0.2) is 30.8 Å². The molecule has 1 heterocycles. The van der Waals surface area contributed by atoms with E-state index in [-0.39, 0.29) is 0 Å². The van der Waals surface area contributed by atoms with Gasteiger partial charge in [-0.25, -0.2) is 0 Å². The summed E-state index contributed by atoms with van der Waals surface area (Å²) in [5.41, 5.74) is 0.632. The van der Waals surface area contributed by atoms with Gasteiger partial charge in [0.05, 0.1) is 6.73 Å². The molecule has 0 bridgehead atoms. The van der Waals surface area contributed by atoms with Crippen molar-refractivity contribution in [2.24, 2.45) is 5.41 Å². The van der Waals surface area contributed by atoms with Gasteiger partial charge in [-0.2, -0.15) is 0 Å². The predicted molar refractivity (Wildman–Crippen MR) is 62.8 cm³/mol. The van der Waals surface area contributed by atoms with E-state index in [2.05, 4.69) is 18.7 Å². The summed E-state index contributed by atoms with van der Waals surface area (Å²) in [6.07, 6.45) is 8.15. The lowest BCUT2D eigenvalue weighted by Crippen LogP contribution is -2.44. The maximum atomic E-state index is 5.54. The highest BCUT2D eigenvalue weighted by atomic mass is 16.5. The molecule has 2 heteroatoms. The van der Waals surface area contributed by atoms with E-state index in [1.165, 1.54) is 45.1 Å². The molecule has 0 aromatic heterocycles. The zero-order chi connectivity index (χ0) is 10.7. The summed E-state index contributed by atoms with van der Waals surface area (Å²) < 4.78 is 5.54. The van der Waals surface area contributed by atoms with E-state index in [1.54, 1.807) is 0 Å². The van der Waals surface area contributed by atoms with Crippen molar-refractivity contribution in [3.05, 3.63) is 0 Å². The Hall–Kier alpha value is -0.0800. The molecule has 1 aliphatic heterocycles. The molecule has 1 aliphatic carbocycles. The Bertz CT molecular complexity index is 191. The van der Waals surface area contributed by atoms with Crippen LogP contribution in [0.25, 0.3) is 0 Å². The Balaban J connectivity index is 1.82. The molecule has 0 amide bonds. The van der Waals surface area contributed by atoms with Crippen LogP contribution in [0.4, 0.5) is 0 Å². The molecule has 15 heavy (non-hydrogen) atoms. The first-order valence-corrected chi connectivity index (χ1v) is 6.55. The molecule has 2 nitrogen and oxygen atoms in total. The Morgan fingerprint density at radius 2 is 2.07 bits per heavy atom. The Labute approximate surface area is 94.0 Å². The molecular weight excluding hydrogens is 186 g/mol. The quantitative estimate of drug-likeness (QED) is 0.696. The summed E-state index contributed by atoms with van der Waals surface area (Å²) in [7, 11) is 0. The van der Waals surface area contributed by atoms with Gasteiger partial charge in [-0.1, -0.05) is 20.3 Å². The van der Waals surface area contributed by atoms with E-state index in [0.29, 0.717) is 5.41 Å². The van der Waals surface area contributed by atoms with Gasteiger partial charge in [0.2, 0.25) is 0 Å². The van der Waals surface area contributed by atoms with Crippen LogP contribution in [0.15, 0.2) is 0 Å². The number of hydrogen-bond donors (Lipinski definition) is 0. The van der Waals surface area contributed by atoms with Crippen LogP contribution >= 0.6 is 0 Å². The first-order valence-electron chi connectivity index (χ1n) is 6.55. The topological polar surface area (TPSA) is 12.5 Å². The highest BCUT2D eigenvalue weighted by Crippen LogP contribution is 2.40. The molecule has 0 aromatic rings. The van der Waals surface area contributed by atoms with Gasteiger partial charge in [-0.05, 0) is 37.5 Å². The zero-order valence-corrected chi connectivity index (χ0v) is 10.3. The van der Waals surface area contributed by atoms with Crippen LogP contribution < -0.4 is 0 Å². The molecule has 2 aliphatic rings. The van der Waals surface area contributed by atoms with E-state index >= 15 is 0 Å². The molecule has 0 radical (unpaired) electrons. The van der Waals surface area contributed by atoms with Crippen LogP contribution in [0.2, 0.25) is 0 Å². The van der Waals surface area contributed by atoms with Crippen LogP contribution in [-0.2, 0) is 4.74 Å². The third-order valence-electron chi connectivity index (χ3n) is 4.52. The zero-order valence-electron chi connectivity index (χ0n) is 10.3. The van der Waals surface area contributed by atoms with Gasteiger partial charge in [0.25, 0.3) is 0 Å². The Kier molecular flexibility index (Phi) is 3.68. The van der Waals surface area contributed by atoms with Crippen molar-refractivity contribution < 1.29 is 4.74 Å². The van der Waals surface area contributed by atoms with Gasteiger partial charge in [-0.15, -0.1) is 0 Å². The van der Waals surface area contributed by atoms with E-state index < -0.39 is 0 Å². The maximum Gasteiger partial charge on any atom is 0.0992 e. The third kappa shape index (κ3) is 2.73. The molecule has 2 rings (SSSR count). The Morgan fingerprint density at radius 3 is 2.60 bits per heavy atom. The molecule has 88 valence electrons. The first kappa shape index (κ1) is 11.4. The van der Waals surface area contributed by atoms with E-state index in [9.17, 15) is 0 Å². The number of ether oxygens (including phenoxy) is 1. The van der Waals surface area contributed by atoms with Gasteiger partial charge in [-0.3, -0.25) is 4.90 Å². The minimum atomic E-state index is 0.632. The van der Waals surface area contributed by atoms with Gasteiger partial charge in [0, 0.05) is 19.2 Å². The van der Waals surface area contributed by atoms with Crippen molar-refractivity contribution in [1.29, 1.82) is 0 Å². The average molecular weight is 211 g/mol. The SMILES string of the molecule is CCC1(C)CCC(N2CCCOC2)CC1. The summed E-state index contributed by atoms with van der Waals surface area (Å²) >= 11 is 0. The highest BCUT2D eigenvalue weighted by Gasteiger charge is 2.32. The normalized spacial score (nSPS) is 39.2. The van der Waals surface area contributed by atoms with Crippen LogP contribution in [0.3, 0.4) is 0 Å². The fraction of sp³-hybridized carbons (Fsp3) is 1.00. The van der Waals surface area contributed by atoms with Crippen molar-refractivity contribution >= 4 is 0 Å². The maximum absolute atomic E-state index is 5.54. The largest absolute Gasteiger partial charge is 0.366 e. The molecule has 0 atom stereocenters. The first-order chi connectivity index (χ1) is 7.23. The minimum Gasteiger partial charge on any atom is -0.366 e. The van der Waals surface area contributed by atoms with Crippen molar-refractivity contribution in [2.75, 3.05) is 19.9 Å². The molecule has 0 aromatic carbocycles. The lowest BCUT2D eigenvalue weighted by atomic mass is 9.72. The van der Waals surface area contributed by atoms with Crippen LogP contribution in [0.1, 0.15) is 52.4 Å². The molecule has 0 N–H and O–H groups in total. The molecule has 0 unspecified atom stereocenters. The minimum absolute atomic E-state index is 0.632. The summed E-state index contributed by atoms with van der Waals surface area (Å²) in [6.45, 7) is 7.90. The summed E-state index contributed by atoms with van der Waals surface area (Å²) in [6, 6.07) is 0.810. The van der Waals surface area contributed by atoms with Crippen molar-refractivity contribution in [3.63, 3.8) is 0 Å². The van der Waals surface area contributed by atoms with Crippen molar-refractivity contribution in [2.45, 2.75) is 58.4 Å². The van der Waals surface area contributed by atoms with Crippen molar-refractivity contribution in [1.82, 2.24) is 4.90 Å². The second kappa shape index (κ2) is 4.84.